The number of hydrogen-bond donors (Lipinski definition) is 0. The van der Waals surface area contributed by atoms with Gasteiger partial charge in [0.25, 0.3) is 11.8 Å². The lowest BCUT2D eigenvalue weighted by Crippen LogP contribution is -2.32. The van der Waals surface area contributed by atoms with Gasteiger partial charge in [0.05, 0.1) is 15.5 Å². The molecule has 0 N–H and O–H groups in total. The van der Waals surface area contributed by atoms with E-state index in [1.165, 1.54) is 16.7 Å². The molecule has 0 saturated heterocycles. The maximum Gasteiger partial charge on any atom is 0.267 e. The number of halogens is 2. The zero-order valence-corrected chi connectivity index (χ0v) is 16.4. The molecule has 0 fully saturated rings. The van der Waals surface area contributed by atoms with E-state index in [9.17, 15) is 9.59 Å². The van der Waals surface area contributed by atoms with Crippen LogP contribution in [0.2, 0.25) is 10.0 Å². The van der Waals surface area contributed by atoms with E-state index in [4.69, 9.17) is 23.2 Å². The summed E-state index contributed by atoms with van der Waals surface area (Å²) < 4.78 is 0. The van der Waals surface area contributed by atoms with Crippen molar-refractivity contribution in [1.29, 1.82) is 0 Å². The van der Waals surface area contributed by atoms with Gasteiger partial charge in [0.1, 0.15) is 0 Å². The number of carbonyl (C=O) groups is 2. The minimum atomic E-state index is -0.261. The fourth-order valence-electron chi connectivity index (χ4n) is 2.55. The van der Waals surface area contributed by atoms with Crippen molar-refractivity contribution < 1.29 is 9.59 Å². The number of rotatable bonds is 7. The van der Waals surface area contributed by atoms with Crippen LogP contribution in [0.25, 0.3) is 5.57 Å². The van der Waals surface area contributed by atoms with Crippen LogP contribution in [0.4, 0.5) is 0 Å². The van der Waals surface area contributed by atoms with Crippen LogP contribution in [0.15, 0.2) is 23.1 Å². The molecule has 1 aliphatic rings. The smallest absolute Gasteiger partial charge is 0.267 e. The van der Waals surface area contributed by atoms with E-state index in [1.807, 2.05) is 13.8 Å². The molecule has 2 rings (SSSR count). The van der Waals surface area contributed by atoms with Gasteiger partial charge in [0.2, 0.25) is 0 Å². The maximum absolute atomic E-state index is 12.9. The lowest BCUT2D eigenvalue weighted by Gasteiger charge is -2.15. The van der Waals surface area contributed by atoms with Gasteiger partial charge in [0, 0.05) is 22.4 Å². The van der Waals surface area contributed by atoms with Gasteiger partial charge < -0.3 is 0 Å². The lowest BCUT2D eigenvalue weighted by molar-refractivity contribution is -0.136. The third kappa shape index (κ3) is 4.16. The molecule has 0 aliphatic carbocycles. The second kappa shape index (κ2) is 8.41. The Morgan fingerprint density at radius 2 is 1.83 bits per heavy atom. The first kappa shape index (κ1) is 19.4. The Morgan fingerprint density at radius 1 is 1.12 bits per heavy atom. The normalized spacial score (nSPS) is 15.2. The summed E-state index contributed by atoms with van der Waals surface area (Å²) in [6.45, 7) is 6.53. The Balaban J connectivity index is 2.43. The summed E-state index contributed by atoms with van der Waals surface area (Å²) in [6.07, 6.45) is 2.84. The number of hydrogen-bond acceptors (Lipinski definition) is 3. The van der Waals surface area contributed by atoms with E-state index >= 15 is 0 Å². The second-order valence-corrected chi connectivity index (χ2v) is 8.39. The highest BCUT2D eigenvalue weighted by Crippen LogP contribution is 2.40. The van der Waals surface area contributed by atoms with Gasteiger partial charge in [-0.2, -0.15) is 0 Å². The molecule has 1 aliphatic heterocycles. The van der Waals surface area contributed by atoms with Crippen molar-refractivity contribution in [2.45, 2.75) is 45.3 Å². The van der Waals surface area contributed by atoms with E-state index in [0.717, 1.165) is 19.3 Å². The fourth-order valence-corrected chi connectivity index (χ4v) is 4.05. The third-order valence-corrected chi connectivity index (χ3v) is 5.30. The number of thioether (sulfide) groups is 1. The lowest BCUT2D eigenvalue weighted by atomic mass is 10.1. The van der Waals surface area contributed by atoms with Crippen LogP contribution in [-0.4, -0.2) is 28.5 Å². The molecule has 24 heavy (non-hydrogen) atoms. The van der Waals surface area contributed by atoms with E-state index in [2.05, 4.69) is 6.92 Å². The van der Waals surface area contributed by atoms with Crippen LogP contribution < -0.4 is 0 Å². The van der Waals surface area contributed by atoms with Crippen molar-refractivity contribution >= 4 is 52.4 Å². The number of nitrogens with zero attached hydrogens (tertiary/aromatic N) is 1. The molecule has 0 atom stereocenters. The monoisotopic (exact) mass is 385 g/mol. The molecular formula is C18H21Cl2NO2S. The van der Waals surface area contributed by atoms with Gasteiger partial charge in [-0.05, 0) is 18.6 Å². The van der Waals surface area contributed by atoms with Gasteiger partial charge in [-0.15, -0.1) is 11.8 Å². The summed E-state index contributed by atoms with van der Waals surface area (Å²) in [5.41, 5.74) is 0.970. The molecule has 1 aromatic carbocycles. The van der Waals surface area contributed by atoms with Crippen LogP contribution >= 0.6 is 35.0 Å². The van der Waals surface area contributed by atoms with Crippen molar-refractivity contribution in [3.8, 4) is 0 Å². The van der Waals surface area contributed by atoms with Gasteiger partial charge >= 0.3 is 0 Å². The molecule has 0 spiro atoms. The van der Waals surface area contributed by atoms with Crippen molar-refractivity contribution in [1.82, 2.24) is 4.90 Å². The number of amides is 2. The van der Waals surface area contributed by atoms with Crippen molar-refractivity contribution in [3.63, 3.8) is 0 Å². The van der Waals surface area contributed by atoms with Crippen LogP contribution in [0.3, 0.4) is 0 Å². The Bertz CT molecular complexity index is 686. The molecular weight excluding hydrogens is 365 g/mol. The zero-order valence-electron chi connectivity index (χ0n) is 14.1. The standard InChI is InChI=1S/C18H21Cl2NO2S/c1-4-5-6-9-21-17(22)15(16(18(21)23)24-11(2)3)13-8-7-12(19)10-14(13)20/h7-8,10-11H,4-6,9H2,1-3H3. The van der Waals surface area contributed by atoms with Crippen LogP contribution in [-0.2, 0) is 9.59 Å². The molecule has 0 saturated carbocycles. The average molecular weight is 386 g/mol. The van der Waals surface area contributed by atoms with Crippen molar-refractivity contribution in [2.75, 3.05) is 6.54 Å². The molecule has 0 aromatic heterocycles. The topological polar surface area (TPSA) is 37.4 Å². The first-order chi connectivity index (χ1) is 11.4. The van der Waals surface area contributed by atoms with Gasteiger partial charge in [-0.25, -0.2) is 0 Å². The molecule has 0 bridgehead atoms. The first-order valence-corrected chi connectivity index (χ1v) is 9.72. The van der Waals surface area contributed by atoms with E-state index < -0.39 is 0 Å². The Labute approximate surface area is 157 Å². The van der Waals surface area contributed by atoms with Gasteiger partial charge in [-0.1, -0.05) is 62.9 Å². The number of imide groups is 1. The van der Waals surface area contributed by atoms with Crippen LogP contribution in [0.1, 0.15) is 45.6 Å². The highest BCUT2D eigenvalue weighted by Gasteiger charge is 2.39. The summed E-state index contributed by atoms with van der Waals surface area (Å²) in [7, 11) is 0. The Kier molecular flexibility index (Phi) is 6.79. The number of unbranched alkanes of at least 4 members (excludes halogenated alkanes) is 2. The fraction of sp³-hybridized carbons (Fsp3) is 0.444. The third-order valence-electron chi connectivity index (χ3n) is 3.66. The largest absolute Gasteiger partial charge is 0.274 e. The molecule has 130 valence electrons. The molecule has 3 nitrogen and oxygen atoms in total. The molecule has 1 heterocycles. The Morgan fingerprint density at radius 3 is 2.42 bits per heavy atom. The molecule has 0 radical (unpaired) electrons. The highest BCUT2D eigenvalue weighted by atomic mass is 35.5. The summed E-state index contributed by atoms with van der Waals surface area (Å²) in [5, 5.41) is 1.07. The highest BCUT2D eigenvalue weighted by molar-refractivity contribution is 8.04. The summed E-state index contributed by atoms with van der Waals surface area (Å²) in [5.74, 6) is -0.473. The summed E-state index contributed by atoms with van der Waals surface area (Å²) >= 11 is 13.7. The average Bonchev–Trinajstić information content (AvgIpc) is 2.72. The second-order valence-electron chi connectivity index (χ2n) is 5.96. The molecule has 2 amide bonds. The maximum atomic E-state index is 12.9. The minimum Gasteiger partial charge on any atom is -0.274 e. The first-order valence-electron chi connectivity index (χ1n) is 8.09. The zero-order chi connectivity index (χ0) is 17.9. The van der Waals surface area contributed by atoms with E-state index in [-0.39, 0.29) is 17.1 Å². The summed E-state index contributed by atoms with van der Waals surface area (Å²) in [4.78, 5) is 27.5. The van der Waals surface area contributed by atoms with E-state index in [0.29, 0.717) is 32.6 Å². The number of benzene rings is 1. The van der Waals surface area contributed by atoms with Crippen molar-refractivity contribution in [2.24, 2.45) is 0 Å². The van der Waals surface area contributed by atoms with Crippen molar-refractivity contribution in [3.05, 3.63) is 38.7 Å². The molecule has 0 unspecified atom stereocenters. The summed E-state index contributed by atoms with van der Waals surface area (Å²) in [6, 6.07) is 4.99. The minimum absolute atomic E-state index is 0.188. The quantitative estimate of drug-likeness (QED) is 0.465. The van der Waals surface area contributed by atoms with E-state index in [1.54, 1.807) is 18.2 Å². The van der Waals surface area contributed by atoms with Crippen LogP contribution in [0, 0.1) is 0 Å². The van der Waals surface area contributed by atoms with Crippen LogP contribution in [0.5, 0.6) is 0 Å². The molecule has 6 heteroatoms. The molecule has 1 aromatic rings. The SMILES string of the molecule is CCCCCN1C(=O)C(SC(C)C)=C(c2ccc(Cl)cc2Cl)C1=O. The predicted molar refractivity (Wildman–Crippen MR) is 102 cm³/mol. The van der Waals surface area contributed by atoms with Gasteiger partial charge in [-0.3, -0.25) is 14.5 Å². The number of carbonyl (C=O) groups excluding carboxylic acids is 2. The van der Waals surface area contributed by atoms with Gasteiger partial charge in [0.15, 0.2) is 0 Å². The predicted octanol–water partition coefficient (Wildman–Crippen LogP) is 5.41. The Hall–Kier alpha value is -0.970.